The van der Waals surface area contributed by atoms with E-state index in [-0.39, 0.29) is 5.91 Å². The molecule has 1 N–H and O–H groups in total. The molecule has 0 unspecified atom stereocenters. The number of aliphatic imine (C=N–C) groups is 1. The molecular weight excluding hydrogens is 535 g/mol. The average Bonchev–Trinajstić information content (AvgIpc) is 3.12. The molecule has 1 heterocycles. The van der Waals surface area contributed by atoms with E-state index in [9.17, 15) is 4.79 Å². The number of thioether (sulfide) groups is 1. The first-order chi connectivity index (χ1) is 15.6. The number of rotatable bonds is 7. The number of amidine groups is 1. The van der Waals surface area contributed by atoms with Gasteiger partial charge in [-0.2, -0.15) is 0 Å². The molecule has 0 aromatic heterocycles. The molecule has 1 aliphatic rings. The molecule has 0 saturated carbocycles. The Balaban J connectivity index is 1.63. The van der Waals surface area contributed by atoms with Crippen molar-refractivity contribution in [3.8, 4) is 11.5 Å². The third kappa shape index (κ3) is 5.10. The van der Waals surface area contributed by atoms with Gasteiger partial charge in [0.2, 0.25) is 0 Å². The van der Waals surface area contributed by atoms with E-state index in [1.165, 1.54) is 11.8 Å². The quantitative estimate of drug-likeness (QED) is 0.265. The molecule has 3 aromatic carbocycles. The van der Waals surface area contributed by atoms with Crippen molar-refractivity contribution >= 4 is 68.0 Å². The minimum absolute atomic E-state index is 0.159. The molecule has 0 aliphatic carbocycles. The van der Waals surface area contributed by atoms with Gasteiger partial charge < -0.3 is 14.8 Å². The Bertz CT molecular complexity index is 1220. The Morgan fingerprint density at radius 3 is 2.72 bits per heavy atom. The van der Waals surface area contributed by atoms with Gasteiger partial charge in [0.05, 0.1) is 27.4 Å². The van der Waals surface area contributed by atoms with Crippen molar-refractivity contribution < 1.29 is 14.3 Å². The molecule has 1 amide bonds. The molecule has 1 saturated heterocycles. The highest BCUT2D eigenvalue weighted by Gasteiger charge is 2.24. The first-order valence-electron chi connectivity index (χ1n) is 10.5. The third-order valence-electron chi connectivity index (χ3n) is 4.72. The van der Waals surface area contributed by atoms with Gasteiger partial charge in [-0.05, 0) is 82.9 Å². The molecule has 164 valence electrons. The number of nitrogens with one attached hydrogen (secondary N) is 1. The lowest BCUT2D eigenvalue weighted by atomic mass is 10.1. The number of hydrogen-bond donors (Lipinski definition) is 1. The fourth-order valence-electron chi connectivity index (χ4n) is 3.33. The fourth-order valence-corrected chi connectivity index (χ4v) is 4.94. The zero-order valence-electron chi connectivity index (χ0n) is 17.9. The number of ether oxygens (including phenoxy) is 2. The second-order valence-corrected chi connectivity index (χ2v) is 9.28. The highest BCUT2D eigenvalue weighted by Crippen LogP contribution is 2.37. The number of benzene rings is 3. The summed E-state index contributed by atoms with van der Waals surface area (Å²) in [7, 11) is 0. The molecule has 0 bridgehead atoms. The molecule has 3 aromatic rings. The van der Waals surface area contributed by atoms with Crippen molar-refractivity contribution in [1.29, 1.82) is 0 Å². The number of carbonyl (C=O) groups is 1. The van der Waals surface area contributed by atoms with Crippen molar-refractivity contribution in [3.05, 3.63) is 68.6 Å². The van der Waals surface area contributed by atoms with Gasteiger partial charge in [0, 0.05) is 5.39 Å². The summed E-state index contributed by atoms with van der Waals surface area (Å²) in [4.78, 5) is 17.9. The molecule has 0 spiro atoms. The Labute approximate surface area is 205 Å². The van der Waals surface area contributed by atoms with Crippen LogP contribution in [0.5, 0.6) is 11.5 Å². The Hall–Kier alpha value is -2.52. The van der Waals surface area contributed by atoms with Crippen LogP contribution in [0.1, 0.15) is 25.8 Å². The van der Waals surface area contributed by atoms with Gasteiger partial charge in [0.25, 0.3) is 5.91 Å². The summed E-state index contributed by atoms with van der Waals surface area (Å²) >= 11 is 3.58. The van der Waals surface area contributed by atoms with Crippen molar-refractivity contribution in [2.75, 3.05) is 13.2 Å². The predicted molar refractivity (Wildman–Crippen MR) is 141 cm³/mol. The topological polar surface area (TPSA) is 59.9 Å². The third-order valence-corrected chi connectivity index (χ3v) is 6.43. The Morgan fingerprint density at radius 2 is 1.91 bits per heavy atom. The first kappa shape index (κ1) is 22.7. The van der Waals surface area contributed by atoms with Crippen LogP contribution in [0.15, 0.2) is 64.5 Å². The fraction of sp³-hybridized carbons (Fsp3) is 0.200. The summed E-state index contributed by atoms with van der Waals surface area (Å²) in [5, 5.41) is 5.61. The maximum absolute atomic E-state index is 12.6. The minimum Gasteiger partial charge on any atom is -0.490 e. The van der Waals surface area contributed by atoms with Crippen LogP contribution in [0.4, 0.5) is 5.69 Å². The molecule has 32 heavy (non-hydrogen) atoms. The van der Waals surface area contributed by atoms with Gasteiger partial charge in [-0.3, -0.25) is 4.79 Å². The number of amides is 1. The summed E-state index contributed by atoms with van der Waals surface area (Å²) in [6, 6.07) is 18.0. The second-order valence-electron chi connectivity index (χ2n) is 7.09. The van der Waals surface area contributed by atoms with Gasteiger partial charge in [0.1, 0.15) is 0 Å². The molecule has 1 fully saturated rings. The summed E-state index contributed by atoms with van der Waals surface area (Å²) < 4.78 is 12.6. The van der Waals surface area contributed by atoms with Gasteiger partial charge in [-0.1, -0.05) is 43.3 Å². The monoisotopic (exact) mass is 558 g/mol. The van der Waals surface area contributed by atoms with Crippen LogP contribution >= 0.6 is 34.4 Å². The summed E-state index contributed by atoms with van der Waals surface area (Å²) in [5.74, 6) is 1.28. The molecule has 1 aliphatic heterocycles. The van der Waals surface area contributed by atoms with Crippen LogP contribution in [0.3, 0.4) is 0 Å². The lowest BCUT2D eigenvalue weighted by Crippen LogP contribution is -2.19. The smallest absolute Gasteiger partial charge is 0.264 e. The second kappa shape index (κ2) is 10.4. The zero-order valence-corrected chi connectivity index (χ0v) is 20.8. The minimum atomic E-state index is -0.159. The molecule has 7 heteroatoms. The molecule has 5 nitrogen and oxygen atoms in total. The summed E-state index contributed by atoms with van der Waals surface area (Å²) in [5.41, 5.74) is 1.71. The molecule has 0 atom stereocenters. The van der Waals surface area contributed by atoms with E-state index in [0.717, 1.165) is 37.8 Å². The van der Waals surface area contributed by atoms with Gasteiger partial charge >= 0.3 is 0 Å². The standard InChI is InChI=1S/C25H23IN2O3S/c1-3-12-31-23-19(26)13-16(14-21(23)30-4-2)15-22-24(29)28-25(32-22)27-20-11-7-9-17-8-5-6-10-18(17)20/h5-11,13-15H,3-4,12H2,1-2H3,(H,27,28,29). The van der Waals surface area contributed by atoms with E-state index >= 15 is 0 Å². The highest BCUT2D eigenvalue weighted by atomic mass is 127. The molecule has 4 rings (SSSR count). The van der Waals surface area contributed by atoms with Crippen LogP contribution in [-0.2, 0) is 4.79 Å². The highest BCUT2D eigenvalue weighted by molar-refractivity contribution is 14.1. The first-order valence-corrected chi connectivity index (χ1v) is 12.3. The predicted octanol–water partition coefficient (Wildman–Crippen LogP) is 6.52. The molecular formula is C25H23IN2O3S. The van der Waals surface area contributed by atoms with Crippen LogP contribution < -0.4 is 14.8 Å². The lowest BCUT2D eigenvalue weighted by Gasteiger charge is -2.14. The van der Waals surface area contributed by atoms with Crippen LogP contribution in [0, 0.1) is 3.57 Å². The van der Waals surface area contributed by atoms with Crippen molar-refractivity contribution in [2.45, 2.75) is 20.3 Å². The van der Waals surface area contributed by atoms with Crippen LogP contribution in [0.25, 0.3) is 16.8 Å². The average molecular weight is 558 g/mol. The summed E-state index contributed by atoms with van der Waals surface area (Å²) in [6.45, 7) is 5.18. The molecule has 0 radical (unpaired) electrons. The van der Waals surface area contributed by atoms with Crippen LogP contribution in [-0.4, -0.2) is 24.3 Å². The van der Waals surface area contributed by atoms with E-state index in [2.05, 4.69) is 47.0 Å². The van der Waals surface area contributed by atoms with Crippen LogP contribution in [0.2, 0.25) is 0 Å². The van der Waals surface area contributed by atoms with E-state index in [0.29, 0.717) is 29.0 Å². The SMILES string of the molecule is CCCOc1c(I)cc(C=C2SC(=Nc3cccc4ccccc34)NC2=O)cc1OCC. The van der Waals surface area contributed by atoms with Gasteiger partial charge in [-0.15, -0.1) is 0 Å². The van der Waals surface area contributed by atoms with E-state index in [1.54, 1.807) is 0 Å². The van der Waals surface area contributed by atoms with Crippen molar-refractivity contribution in [3.63, 3.8) is 0 Å². The number of hydrogen-bond acceptors (Lipinski definition) is 5. The van der Waals surface area contributed by atoms with Gasteiger partial charge in [-0.25, -0.2) is 4.99 Å². The van der Waals surface area contributed by atoms with E-state index in [4.69, 9.17) is 14.5 Å². The zero-order chi connectivity index (χ0) is 22.5. The number of carbonyl (C=O) groups excluding carboxylic acids is 1. The summed E-state index contributed by atoms with van der Waals surface area (Å²) in [6.07, 6.45) is 2.78. The Kier molecular flexibility index (Phi) is 7.36. The Morgan fingerprint density at radius 1 is 1.09 bits per heavy atom. The normalized spacial score (nSPS) is 16.0. The van der Waals surface area contributed by atoms with Crippen molar-refractivity contribution in [1.82, 2.24) is 5.32 Å². The maximum atomic E-state index is 12.6. The number of fused-ring (bicyclic) bond motifs is 1. The van der Waals surface area contributed by atoms with Crippen molar-refractivity contribution in [2.24, 2.45) is 4.99 Å². The lowest BCUT2D eigenvalue weighted by molar-refractivity contribution is -0.115. The van der Waals surface area contributed by atoms with E-state index in [1.807, 2.05) is 55.5 Å². The van der Waals surface area contributed by atoms with E-state index < -0.39 is 0 Å². The number of halogens is 1. The number of nitrogens with zero attached hydrogens (tertiary/aromatic N) is 1. The largest absolute Gasteiger partial charge is 0.490 e. The van der Waals surface area contributed by atoms with Gasteiger partial charge in [0.15, 0.2) is 16.7 Å². The maximum Gasteiger partial charge on any atom is 0.264 e.